The summed E-state index contributed by atoms with van der Waals surface area (Å²) in [7, 11) is 1.61. The molecule has 146 valence electrons. The lowest BCUT2D eigenvalue weighted by molar-refractivity contribution is 0.0682. The Morgan fingerprint density at radius 3 is 2.38 bits per heavy atom. The normalized spacial score (nSPS) is 11.7. The first kappa shape index (κ1) is 22.6. The van der Waals surface area contributed by atoms with E-state index >= 15 is 0 Å². The first-order valence-electron chi connectivity index (χ1n) is 8.99. The van der Waals surface area contributed by atoms with Gasteiger partial charge in [0.2, 0.25) is 0 Å². The zero-order valence-electron chi connectivity index (χ0n) is 16.7. The molecule has 1 aromatic heterocycles. The summed E-state index contributed by atoms with van der Waals surface area (Å²) in [5, 5.41) is 0.684. The lowest BCUT2D eigenvalue weighted by Crippen LogP contribution is -2.24. The van der Waals surface area contributed by atoms with Gasteiger partial charge in [0.1, 0.15) is 17.9 Å². The van der Waals surface area contributed by atoms with Crippen molar-refractivity contribution in [2.24, 2.45) is 0 Å². The maximum absolute atomic E-state index is 14.7. The molecule has 1 unspecified atom stereocenters. The molecule has 0 aliphatic carbocycles. The van der Waals surface area contributed by atoms with Crippen molar-refractivity contribution in [3.05, 3.63) is 21.9 Å². The molecule has 0 saturated heterocycles. The largest absolute Gasteiger partial charge is 0.461 e. The minimum atomic E-state index is -0.398. The van der Waals surface area contributed by atoms with E-state index in [-0.39, 0.29) is 17.6 Å². The number of benzene rings is 1. The second-order valence-electron chi connectivity index (χ2n) is 5.58. The van der Waals surface area contributed by atoms with Crippen molar-refractivity contribution in [2.75, 3.05) is 31.7 Å². The van der Waals surface area contributed by atoms with Gasteiger partial charge in [0.05, 0.1) is 10.6 Å². The van der Waals surface area contributed by atoms with Crippen LogP contribution in [0.25, 0.3) is 10.9 Å². The Labute approximate surface area is 164 Å². The first-order chi connectivity index (χ1) is 12.4. The summed E-state index contributed by atoms with van der Waals surface area (Å²) in [4.78, 5) is 10.8. The molecule has 0 saturated carbocycles. The average molecular weight is 430 g/mol. The number of rotatable bonds is 7. The van der Waals surface area contributed by atoms with E-state index in [1.54, 1.807) is 7.11 Å². The summed E-state index contributed by atoms with van der Waals surface area (Å²) in [6.45, 7) is 13.6. The molecule has 0 aliphatic rings. The zero-order chi connectivity index (χ0) is 19.9. The molecular weight excluding hydrogens is 401 g/mol. The lowest BCUT2D eigenvalue weighted by atomic mass is 10.1. The number of methoxy groups -OCH3 is 1. The fourth-order valence-electron chi connectivity index (χ4n) is 2.38. The van der Waals surface area contributed by atoms with Gasteiger partial charge in [-0.25, -0.2) is 4.39 Å². The van der Waals surface area contributed by atoms with E-state index in [1.165, 1.54) is 0 Å². The quantitative estimate of drug-likeness (QED) is 0.610. The van der Waals surface area contributed by atoms with Crippen molar-refractivity contribution in [1.82, 2.24) is 9.97 Å². The summed E-state index contributed by atoms with van der Waals surface area (Å²) < 4.78 is 25.9. The first-order valence-corrected chi connectivity index (χ1v) is 9.79. The molecule has 5 nitrogen and oxygen atoms in total. The number of anilines is 1. The molecule has 0 radical (unpaired) electrons. The molecule has 0 fully saturated rings. The molecule has 2 rings (SSSR count). The minimum Gasteiger partial charge on any atom is -0.461 e. The number of ether oxygens (including phenoxy) is 2. The van der Waals surface area contributed by atoms with Crippen LogP contribution in [0, 0.1) is 12.7 Å². The molecule has 0 amide bonds. The number of aryl methyl sites for hydroxylation is 1. The molecular formula is C19H29BrFN3O2. The van der Waals surface area contributed by atoms with Gasteiger partial charge >= 0.3 is 6.01 Å². The van der Waals surface area contributed by atoms with Gasteiger partial charge < -0.3 is 14.4 Å². The van der Waals surface area contributed by atoms with Crippen molar-refractivity contribution in [1.29, 1.82) is 0 Å². The minimum absolute atomic E-state index is 0.101. The Bertz CT molecular complexity index is 724. The highest BCUT2D eigenvalue weighted by molar-refractivity contribution is 9.10. The molecule has 0 N–H and O–H groups in total. The van der Waals surface area contributed by atoms with E-state index in [0.29, 0.717) is 22.3 Å². The second-order valence-corrected chi connectivity index (χ2v) is 6.37. The highest BCUT2D eigenvalue weighted by Gasteiger charge is 2.19. The van der Waals surface area contributed by atoms with Crippen LogP contribution in [0.3, 0.4) is 0 Å². The topological polar surface area (TPSA) is 47.5 Å². The average Bonchev–Trinajstić information content (AvgIpc) is 2.67. The van der Waals surface area contributed by atoms with Crippen LogP contribution in [-0.4, -0.2) is 42.9 Å². The van der Waals surface area contributed by atoms with Crippen molar-refractivity contribution >= 4 is 32.7 Å². The lowest BCUT2D eigenvalue weighted by Gasteiger charge is -2.22. The highest BCUT2D eigenvalue weighted by Crippen LogP contribution is 2.33. The summed E-state index contributed by atoms with van der Waals surface area (Å²) >= 11 is 3.28. The van der Waals surface area contributed by atoms with Crippen LogP contribution in [0.4, 0.5) is 10.2 Å². The molecule has 2 aromatic rings. The van der Waals surface area contributed by atoms with Crippen LogP contribution >= 0.6 is 15.9 Å². The summed E-state index contributed by atoms with van der Waals surface area (Å²) in [5.74, 6) is 0.282. The highest BCUT2D eigenvalue weighted by atomic mass is 79.9. The van der Waals surface area contributed by atoms with Crippen molar-refractivity contribution in [3.63, 3.8) is 0 Å². The van der Waals surface area contributed by atoms with Crippen molar-refractivity contribution in [2.45, 2.75) is 47.6 Å². The van der Waals surface area contributed by atoms with Crippen molar-refractivity contribution in [3.8, 4) is 6.01 Å². The number of nitrogens with zero attached hydrogens (tertiary/aromatic N) is 3. The monoisotopic (exact) mass is 429 g/mol. The van der Waals surface area contributed by atoms with Crippen LogP contribution in [0.15, 0.2) is 10.5 Å². The maximum Gasteiger partial charge on any atom is 0.319 e. The summed E-state index contributed by atoms with van der Waals surface area (Å²) in [6.07, 6.45) is -0.101. The molecule has 0 spiro atoms. The Balaban J connectivity index is 0.00000163. The third kappa shape index (κ3) is 5.04. The summed E-state index contributed by atoms with van der Waals surface area (Å²) in [6, 6.07) is 2.06. The van der Waals surface area contributed by atoms with E-state index in [0.717, 1.165) is 18.7 Å². The fraction of sp³-hybridized carbons (Fsp3) is 0.579. The number of hydrogen-bond acceptors (Lipinski definition) is 5. The van der Waals surface area contributed by atoms with Crippen LogP contribution < -0.4 is 9.64 Å². The van der Waals surface area contributed by atoms with Gasteiger partial charge in [-0.1, -0.05) is 13.8 Å². The predicted octanol–water partition coefficient (Wildman–Crippen LogP) is 5.13. The van der Waals surface area contributed by atoms with Gasteiger partial charge in [-0.05, 0) is 55.3 Å². The van der Waals surface area contributed by atoms with Gasteiger partial charge in [-0.15, -0.1) is 0 Å². The van der Waals surface area contributed by atoms with E-state index in [1.807, 2.05) is 47.6 Å². The Hall–Kier alpha value is -1.47. The molecule has 1 aromatic carbocycles. The number of halogens is 2. The number of aromatic nitrogens is 2. The summed E-state index contributed by atoms with van der Waals surface area (Å²) in [5.41, 5.74) is 1.06. The van der Waals surface area contributed by atoms with E-state index in [2.05, 4.69) is 30.8 Å². The predicted molar refractivity (Wildman–Crippen MR) is 109 cm³/mol. The third-order valence-corrected chi connectivity index (χ3v) is 4.90. The van der Waals surface area contributed by atoms with Crippen molar-refractivity contribution < 1.29 is 13.9 Å². The second kappa shape index (κ2) is 10.6. The van der Waals surface area contributed by atoms with Crippen LogP contribution in [-0.2, 0) is 4.74 Å². The third-order valence-electron chi connectivity index (χ3n) is 3.93. The smallest absolute Gasteiger partial charge is 0.319 e. The van der Waals surface area contributed by atoms with E-state index < -0.39 is 5.82 Å². The fourth-order valence-corrected chi connectivity index (χ4v) is 2.69. The van der Waals surface area contributed by atoms with Gasteiger partial charge in [-0.3, -0.25) is 0 Å². The van der Waals surface area contributed by atoms with Gasteiger partial charge in [-0.2, -0.15) is 9.97 Å². The molecule has 1 atom stereocenters. The molecule has 7 heteroatoms. The van der Waals surface area contributed by atoms with Gasteiger partial charge in [0, 0.05) is 25.6 Å². The SMILES string of the molecule is CC.CCN(CC)c1nc(OCC(C)OC)nc2c(F)c(Br)c(C)cc12. The van der Waals surface area contributed by atoms with Crippen LogP contribution in [0.5, 0.6) is 6.01 Å². The number of fused-ring (bicyclic) bond motifs is 1. The molecule has 0 bridgehead atoms. The molecule has 0 aliphatic heterocycles. The van der Waals surface area contributed by atoms with Gasteiger partial charge in [0.15, 0.2) is 5.82 Å². The zero-order valence-corrected chi connectivity index (χ0v) is 18.3. The van der Waals surface area contributed by atoms with Crippen LogP contribution in [0.1, 0.15) is 40.2 Å². The maximum atomic E-state index is 14.7. The van der Waals surface area contributed by atoms with Gasteiger partial charge in [0.25, 0.3) is 0 Å². The Morgan fingerprint density at radius 1 is 1.23 bits per heavy atom. The van der Waals surface area contributed by atoms with Crippen LogP contribution in [0.2, 0.25) is 0 Å². The molecule has 26 heavy (non-hydrogen) atoms. The van der Waals surface area contributed by atoms with E-state index in [4.69, 9.17) is 9.47 Å². The van der Waals surface area contributed by atoms with E-state index in [9.17, 15) is 4.39 Å². The molecule has 1 heterocycles. The Kier molecular flexibility index (Phi) is 9.22. The Morgan fingerprint density at radius 2 is 1.85 bits per heavy atom. The standard InChI is InChI=1S/C17H23BrFN3O2.C2H6/c1-6-22(7-2)16-12-8-10(3)13(18)14(19)15(12)20-17(21-16)24-9-11(4)23-5;1-2/h8,11H,6-7,9H2,1-5H3;1-2H3. The number of hydrogen-bond donors (Lipinski definition) is 0.